The average molecular weight is 455 g/mol. The first-order valence-electron chi connectivity index (χ1n) is 10.1. The maximum Gasteiger partial charge on any atom is 0.175 e. The number of hydrogen-bond acceptors (Lipinski definition) is 4. The lowest BCUT2D eigenvalue weighted by Crippen LogP contribution is -2.22. The van der Waals surface area contributed by atoms with Gasteiger partial charge in [-0.15, -0.1) is 0 Å². The summed E-state index contributed by atoms with van der Waals surface area (Å²) in [5, 5.41) is 5.57. The van der Waals surface area contributed by atoms with Crippen molar-refractivity contribution in [1.82, 2.24) is 0 Å². The Morgan fingerprint density at radius 1 is 0.562 bits per heavy atom. The van der Waals surface area contributed by atoms with E-state index in [1.807, 2.05) is 72.8 Å². The van der Waals surface area contributed by atoms with Crippen molar-refractivity contribution in [3.05, 3.63) is 93.6 Å². The summed E-state index contributed by atoms with van der Waals surface area (Å²) < 4.78 is 12.5. The number of nitrogens with zero attached hydrogens (tertiary/aromatic N) is 2. The summed E-state index contributed by atoms with van der Waals surface area (Å²) >= 11 is 13.6. The third-order valence-corrected chi connectivity index (χ3v) is 6.54. The molecular formula is C26H12Cl2N2O2. The summed E-state index contributed by atoms with van der Waals surface area (Å²) in [7, 11) is 0. The fraction of sp³-hybridized carbons (Fsp3) is 0. The van der Waals surface area contributed by atoms with Crippen LogP contribution in [0.3, 0.4) is 0 Å². The zero-order valence-electron chi connectivity index (χ0n) is 16.4. The summed E-state index contributed by atoms with van der Waals surface area (Å²) in [6.07, 6.45) is 0. The van der Waals surface area contributed by atoms with E-state index in [0.29, 0.717) is 55.1 Å². The molecule has 0 atom stereocenters. The van der Waals surface area contributed by atoms with Crippen LogP contribution >= 0.6 is 23.2 Å². The summed E-state index contributed by atoms with van der Waals surface area (Å²) in [5.41, 5.74) is 1.40. The summed E-state index contributed by atoms with van der Waals surface area (Å²) in [6, 6.07) is 23.8. The highest BCUT2D eigenvalue weighted by molar-refractivity contribution is 6.35. The zero-order chi connectivity index (χ0) is 21.4. The van der Waals surface area contributed by atoms with E-state index in [4.69, 9.17) is 42.7 Å². The number of rotatable bonds is 0. The fourth-order valence-electron chi connectivity index (χ4n) is 4.31. The van der Waals surface area contributed by atoms with Crippen molar-refractivity contribution < 1.29 is 9.47 Å². The van der Waals surface area contributed by atoms with Gasteiger partial charge in [-0.2, -0.15) is 0 Å². The van der Waals surface area contributed by atoms with Crippen molar-refractivity contribution in [1.29, 1.82) is 0 Å². The number of benzene rings is 5. The third kappa shape index (κ3) is 2.39. The maximum atomic E-state index is 6.83. The van der Waals surface area contributed by atoms with Crippen LogP contribution in [-0.4, -0.2) is 0 Å². The predicted molar refractivity (Wildman–Crippen MR) is 126 cm³/mol. The lowest BCUT2D eigenvalue weighted by Gasteiger charge is -2.22. The van der Waals surface area contributed by atoms with Gasteiger partial charge < -0.3 is 9.47 Å². The Hall–Kier alpha value is -3.60. The molecule has 4 nitrogen and oxygen atoms in total. The highest BCUT2D eigenvalue weighted by Gasteiger charge is 2.28. The monoisotopic (exact) mass is 454 g/mol. The summed E-state index contributed by atoms with van der Waals surface area (Å²) in [6.45, 7) is 0. The van der Waals surface area contributed by atoms with Crippen LogP contribution in [0.15, 0.2) is 82.8 Å². The molecule has 0 fully saturated rings. The molecule has 0 saturated heterocycles. The Morgan fingerprint density at radius 3 is 2.00 bits per heavy atom. The van der Waals surface area contributed by atoms with Crippen LogP contribution < -0.4 is 20.2 Å². The second kappa shape index (κ2) is 6.45. The molecule has 0 aromatic heterocycles. The van der Waals surface area contributed by atoms with Crippen molar-refractivity contribution in [2.45, 2.75) is 0 Å². The van der Waals surface area contributed by atoms with Crippen molar-refractivity contribution in [2.24, 2.45) is 9.98 Å². The van der Waals surface area contributed by atoms with Crippen LogP contribution in [0.2, 0.25) is 10.0 Å². The molecule has 0 saturated carbocycles. The van der Waals surface area contributed by atoms with Gasteiger partial charge in [-0.1, -0.05) is 83.9 Å². The van der Waals surface area contributed by atoms with Gasteiger partial charge in [0.25, 0.3) is 0 Å². The van der Waals surface area contributed by atoms with E-state index in [0.717, 1.165) is 21.5 Å². The largest absolute Gasteiger partial charge is 0.451 e. The normalized spacial score (nSPS) is 13.1. The molecule has 2 heterocycles. The highest BCUT2D eigenvalue weighted by Crippen LogP contribution is 2.46. The third-order valence-electron chi connectivity index (χ3n) is 5.84. The van der Waals surface area contributed by atoms with E-state index in [1.165, 1.54) is 0 Å². The number of halogens is 2. The quantitative estimate of drug-likeness (QED) is 0.239. The van der Waals surface area contributed by atoms with Crippen LogP contribution in [-0.2, 0) is 0 Å². The average Bonchev–Trinajstić information content (AvgIpc) is 2.85. The molecule has 0 amide bonds. The van der Waals surface area contributed by atoms with Crippen LogP contribution in [0.5, 0.6) is 23.0 Å². The van der Waals surface area contributed by atoms with Gasteiger partial charge in [0.05, 0.1) is 0 Å². The molecule has 0 radical (unpaired) electrons. The fourth-order valence-corrected chi connectivity index (χ4v) is 4.82. The van der Waals surface area contributed by atoms with Crippen molar-refractivity contribution in [3.63, 3.8) is 0 Å². The molecule has 0 bridgehead atoms. The lowest BCUT2D eigenvalue weighted by atomic mass is 10.1. The SMILES string of the molecule is Clc1c2c(c(Cl)c3c1=Nc1c(ccc4ccccc14)O3)=Nc1ccc3ccccc3c1O2. The highest BCUT2D eigenvalue weighted by atomic mass is 35.5. The Labute approximate surface area is 192 Å². The Kier molecular flexibility index (Phi) is 3.63. The van der Waals surface area contributed by atoms with Crippen molar-refractivity contribution in [2.75, 3.05) is 0 Å². The van der Waals surface area contributed by atoms with Crippen molar-refractivity contribution >= 4 is 56.1 Å². The maximum absolute atomic E-state index is 6.83. The van der Waals surface area contributed by atoms with Gasteiger partial charge in [0, 0.05) is 10.8 Å². The molecule has 6 heteroatoms. The van der Waals surface area contributed by atoms with Gasteiger partial charge in [-0.05, 0) is 22.9 Å². The van der Waals surface area contributed by atoms with Gasteiger partial charge >= 0.3 is 0 Å². The predicted octanol–water partition coefficient (Wildman–Crippen LogP) is 7.41. The van der Waals surface area contributed by atoms with Gasteiger partial charge in [0.1, 0.15) is 32.1 Å². The molecule has 0 N–H and O–H groups in total. The molecular weight excluding hydrogens is 443 g/mol. The van der Waals surface area contributed by atoms with Gasteiger partial charge in [0.2, 0.25) is 0 Å². The van der Waals surface area contributed by atoms with E-state index < -0.39 is 0 Å². The second-order valence-electron chi connectivity index (χ2n) is 7.68. The topological polar surface area (TPSA) is 43.2 Å². The van der Waals surface area contributed by atoms with Crippen LogP contribution in [0, 0.1) is 0 Å². The number of fused-ring (bicyclic) bond motifs is 8. The molecule has 7 rings (SSSR count). The van der Waals surface area contributed by atoms with Crippen molar-refractivity contribution in [3.8, 4) is 23.0 Å². The van der Waals surface area contributed by atoms with E-state index in [2.05, 4.69) is 0 Å². The van der Waals surface area contributed by atoms with Gasteiger partial charge in [0.15, 0.2) is 23.0 Å². The van der Waals surface area contributed by atoms with Gasteiger partial charge in [-0.25, -0.2) is 9.98 Å². The first kappa shape index (κ1) is 18.0. The molecule has 0 spiro atoms. The van der Waals surface area contributed by atoms with E-state index in [9.17, 15) is 0 Å². The Bertz CT molecular complexity index is 1760. The minimum Gasteiger partial charge on any atom is -0.451 e. The van der Waals surface area contributed by atoms with Crippen LogP contribution in [0.4, 0.5) is 11.4 Å². The first-order valence-corrected chi connectivity index (χ1v) is 10.8. The molecule has 5 aromatic carbocycles. The standard InChI is InChI=1S/C26H12Cl2N2O2/c27-19-22-26(32-24-16-8-4-2-6-14(16)9-11-17(24)29-22)20(28)23-25(19)31-18-12-10-13-5-1-3-7-15(13)21(18)30-23/h1-12H. The molecule has 32 heavy (non-hydrogen) atoms. The molecule has 2 aliphatic heterocycles. The molecule has 2 aliphatic rings. The van der Waals surface area contributed by atoms with Gasteiger partial charge in [-0.3, -0.25) is 0 Å². The number of ether oxygens (including phenoxy) is 2. The molecule has 152 valence electrons. The van der Waals surface area contributed by atoms with E-state index >= 15 is 0 Å². The van der Waals surface area contributed by atoms with Crippen LogP contribution in [0.1, 0.15) is 0 Å². The summed E-state index contributed by atoms with van der Waals surface area (Å²) in [4.78, 5) is 9.63. The Morgan fingerprint density at radius 2 is 1.19 bits per heavy atom. The van der Waals surface area contributed by atoms with E-state index in [1.54, 1.807) is 0 Å². The molecule has 5 aromatic rings. The summed E-state index contributed by atoms with van der Waals surface area (Å²) in [5.74, 6) is 2.04. The van der Waals surface area contributed by atoms with E-state index in [-0.39, 0.29) is 0 Å². The Balaban J connectivity index is 1.55. The minimum absolute atomic E-state index is 0.320. The number of hydrogen-bond donors (Lipinski definition) is 0. The molecule has 0 aliphatic carbocycles. The molecule has 0 unspecified atom stereocenters. The lowest BCUT2D eigenvalue weighted by molar-refractivity contribution is 0.454. The van der Waals surface area contributed by atoms with Crippen LogP contribution in [0.25, 0.3) is 21.5 Å². The smallest absolute Gasteiger partial charge is 0.175 e. The minimum atomic E-state index is 0.320. The first-order chi connectivity index (χ1) is 15.7. The zero-order valence-corrected chi connectivity index (χ0v) is 17.9. The second-order valence-corrected chi connectivity index (χ2v) is 8.44.